The zero-order valence-corrected chi connectivity index (χ0v) is 39.3. The fraction of sp³-hybridized carbons (Fsp3) is 0.571. The fourth-order valence-electron chi connectivity index (χ4n) is 9.41. The third-order valence-corrected chi connectivity index (χ3v) is 13.7. The van der Waals surface area contributed by atoms with Crippen LogP contribution >= 0.6 is 0 Å². The van der Waals surface area contributed by atoms with E-state index in [-0.39, 0.29) is 48.4 Å². The van der Waals surface area contributed by atoms with E-state index in [9.17, 15) is 19.8 Å². The van der Waals surface area contributed by atoms with Crippen molar-refractivity contribution in [3.05, 3.63) is 83.4 Å². The van der Waals surface area contributed by atoms with Crippen LogP contribution in [0, 0.1) is 29.1 Å². The van der Waals surface area contributed by atoms with Gasteiger partial charge in [-0.3, -0.25) is 19.4 Å². The second-order valence-corrected chi connectivity index (χ2v) is 18.8. The zero-order valence-electron chi connectivity index (χ0n) is 39.3. The summed E-state index contributed by atoms with van der Waals surface area (Å²) in [6.07, 6.45) is -0.270. The van der Waals surface area contributed by atoms with Crippen LogP contribution in [-0.2, 0) is 22.6 Å². The van der Waals surface area contributed by atoms with Gasteiger partial charge in [0.2, 0.25) is 5.91 Å². The van der Waals surface area contributed by atoms with Crippen LogP contribution in [0.3, 0.4) is 0 Å². The topological polar surface area (TPSA) is 142 Å². The first-order valence-electron chi connectivity index (χ1n) is 22.0. The van der Waals surface area contributed by atoms with Crippen molar-refractivity contribution in [3.8, 4) is 16.9 Å². The van der Waals surface area contributed by atoms with Crippen LogP contribution in [0.25, 0.3) is 11.1 Å². The van der Waals surface area contributed by atoms with Crippen molar-refractivity contribution >= 4 is 23.5 Å². The highest BCUT2D eigenvalue weighted by Gasteiger charge is 2.51. The number of carbonyl (C=O) groups excluding carboxylic acids is 2. The van der Waals surface area contributed by atoms with Gasteiger partial charge in [0.05, 0.1) is 39.0 Å². The van der Waals surface area contributed by atoms with Crippen molar-refractivity contribution in [1.29, 1.82) is 0 Å². The third-order valence-electron chi connectivity index (χ3n) is 13.7. The quantitative estimate of drug-likeness (QED) is 0.114. The number of aliphatic hydroxyl groups is 2. The van der Waals surface area contributed by atoms with Crippen LogP contribution in [-0.4, -0.2) is 136 Å². The normalized spacial score (nSPS) is 24.4. The molecule has 340 valence electrons. The van der Waals surface area contributed by atoms with Gasteiger partial charge in [-0.15, -0.1) is 0 Å². The SMILES string of the molecule is COc1c(CN2O[C@@H](CO)[C@@H]([C@H](C)O)[C@H]2C(=O)N[C@H]2C[C@@H](C)C(C)(C)[C@@H](C)[C@@H]2C)cccc1-c1cc(C(=O)N[C@H](CN=C(N(C)C)N(C)C)Cc2ccccc2)cc(N(C)C)c1. The highest BCUT2D eigenvalue weighted by molar-refractivity contribution is 5.97. The molecule has 5 rings (SSSR count). The molecule has 0 unspecified atom stereocenters. The number of aliphatic hydroxyl groups excluding tert-OH is 2. The number of nitrogens with one attached hydrogen (secondary N) is 2. The third kappa shape index (κ3) is 10.9. The first-order valence-corrected chi connectivity index (χ1v) is 22.0. The number of ether oxygens (including phenoxy) is 1. The first kappa shape index (κ1) is 48.3. The van der Waals surface area contributed by atoms with Gasteiger partial charge < -0.3 is 40.3 Å². The van der Waals surface area contributed by atoms with Crippen molar-refractivity contribution in [2.45, 2.75) is 91.3 Å². The molecule has 0 aromatic heterocycles. The molecule has 3 aromatic carbocycles. The maximum absolute atomic E-state index is 14.5. The minimum Gasteiger partial charge on any atom is -0.496 e. The Morgan fingerprint density at radius 3 is 2.26 bits per heavy atom. The molecule has 1 heterocycles. The second kappa shape index (κ2) is 20.7. The number of hydrogen-bond donors (Lipinski definition) is 4. The van der Waals surface area contributed by atoms with Crippen molar-refractivity contribution < 1.29 is 29.4 Å². The summed E-state index contributed by atoms with van der Waals surface area (Å²) in [5.74, 6) is 1.23. The van der Waals surface area contributed by atoms with Crippen molar-refractivity contribution in [3.63, 3.8) is 0 Å². The van der Waals surface area contributed by atoms with Gasteiger partial charge in [-0.05, 0) is 72.3 Å². The summed E-state index contributed by atoms with van der Waals surface area (Å²) in [5, 5.41) is 29.8. The number of hydroxylamine groups is 2. The van der Waals surface area contributed by atoms with Crippen LogP contribution < -0.4 is 20.3 Å². The van der Waals surface area contributed by atoms with Crippen LogP contribution in [0.15, 0.2) is 71.7 Å². The molecule has 2 fully saturated rings. The Morgan fingerprint density at radius 2 is 1.66 bits per heavy atom. The number of anilines is 1. The van der Waals surface area contributed by atoms with E-state index in [4.69, 9.17) is 14.6 Å². The molecule has 2 amide bonds. The lowest BCUT2D eigenvalue weighted by Gasteiger charge is -2.50. The Morgan fingerprint density at radius 1 is 0.984 bits per heavy atom. The average molecular weight is 856 g/mol. The highest BCUT2D eigenvalue weighted by atomic mass is 16.7. The minimum absolute atomic E-state index is 0.0478. The Balaban J connectivity index is 1.47. The predicted molar refractivity (Wildman–Crippen MR) is 248 cm³/mol. The molecule has 62 heavy (non-hydrogen) atoms. The number of rotatable bonds is 15. The maximum Gasteiger partial charge on any atom is 0.251 e. The van der Waals surface area contributed by atoms with Gasteiger partial charge in [0, 0.05) is 76.6 Å². The van der Waals surface area contributed by atoms with Gasteiger partial charge in [0.1, 0.15) is 17.9 Å². The lowest BCUT2D eigenvalue weighted by Crippen LogP contribution is -2.56. The molecular weight excluding hydrogens is 783 g/mol. The maximum atomic E-state index is 14.5. The van der Waals surface area contributed by atoms with E-state index < -0.39 is 24.2 Å². The Labute approximate surface area is 370 Å². The summed E-state index contributed by atoms with van der Waals surface area (Å²) >= 11 is 0. The minimum atomic E-state index is -0.929. The van der Waals surface area contributed by atoms with E-state index in [2.05, 4.69) is 57.4 Å². The predicted octanol–water partition coefficient (Wildman–Crippen LogP) is 5.55. The van der Waals surface area contributed by atoms with Crippen molar-refractivity contribution in [2.24, 2.45) is 34.1 Å². The van der Waals surface area contributed by atoms with Crippen LogP contribution in [0.2, 0.25) is 0 Å². The second-order valence-electron chi connectivity index (χ2n) is 18.8. The van der Waals surface area contributed by atoms with E-state index in [1.54, 1.807) is 19.1 Å². The lowest BCUT2D eigenvalue weighted by atomic mass is 9.58. The number of guanidine groups is 1. The summed E-state index contributed by atoms with van der Waals surface area (Å²) in [7, 11) is 13.3. The van der Waals surface area contributed by atoms with Gasteiger partial charge in [0.25, 0.3) is 5.91 Å². The molecule has 0 bridgehead atoms. The molecule has 4 N–H and O–H groups in total. The monoisotopic (exact) mass is 856 g/mol. The summed E-state index contributed by atoms with van der Waals surface area (Å²) in [4.78, 5) is 45.9. The standard InChI is InChI=1S/C49H73N7O6/c1-30-22-41(31(2)32(3)49(30,5)6)52-47(60)44-43(33(4)58)42(29-57)62-56(44)28-35-20-17-21-40(45(35)61-13)36-24-37(26-39(25-36)53(7)8)46(59)51-38(23-34-18-15-14-16-19-34)27-50-48(54(9)10)55(11)12/h14-21,24-26,30-33,38,41-44,57-58H,22-23,27-29H2,1-13H3,(H,51,59)(H,52,60)/t30-,31+,32+,33+,38+,41+,42+,43-,44+/m1/s1. The molecule has 0 radical (unpaired) electrons. The van der Waals surface area contributed by atoms with Gasteiger partial charge in [-0.1, -0.05) is 83.1 Å². The number of benzene rings is 3. The molecule has 13 nitrogen and oxygen atoms in total. The molecule has 1 saturated heterocycles. The summed E-state index contributed by atoms with van der Waals surface area (Å²) in [6, 6.07) is 20.5. The molecule has 0 spiro atoms. The van der Waals surface area contributed by atoms with Gasteiger partial charge in [0.15, 0.2) is 5.96 Å². The van der Waals surface area contributed by atoms with Crippen molar-refractivity contribution in [1.82, 2.24) is 25.5 Å². The van der Waals surface area contributed by atoms with Gasteiger partial charge in [-0.2, -0.15) is 5.06 Å². The number of aliphatic imine (C=N–C) groups is 1. The van der Waals surface area contributed by atoms with E-state index in [1.807, 2.05) is 112 Å². The Hall–Kier alpha value is -4.69. The van der Waals surface area contributed by atoms with Crippen LogP contribution in [0.1, 0.15) is 69.4 Å². The molecule has 3 aromatic rings. The van der Waals surface area contributed by atoms with Crippen LogP contribution in [0.5, 0.6) is 5.75 Å². The first-order chi connectivity index (χ1) is 29.3. The van der Waals surface area contributed by atoms with Crippen LogP contribution in [0.4, 0.5) is 5.69 Å². The van der Waals surface area contributed by atoms with E-state index in [0.29, 0.717) is 36.1 Å². The zero-order chi connectivity index (χ0) is 45.6. The number of para-hydroxylation sites is 1. The molecular formula is C49H73N7O6. The number of carbonyl (C=O) groups is 2. The fourth-order valence-corrected chi connectivity index (χ4v) is 9.41. The highest BCUT2D eigenvalue weighted by Crippen LogP contribution is 2.48. The summed E-state index contributed by atoms with van der Waals surface area (Å²) in [5.41, 5.74) is 4.79. The van der Waals surface area contributed by atoms with Gasteiger partial charge >= 0.3 is 0 Å². The molecule has 1 aliphatic carbocycles. The molecule has 9 atom stereocenters. The number of amides is 2. The molecule has 1 saturated carbocycles. The average Bonchev–Trinajstić information content (AvgIpc) is 3.60. The number of nitrogens with zero attached hydrogens (tertiary/aromatic N) is 5. The number of hydrogen-bond acceptors (Lipinski definition) is 9. The summed E-state index contributed by atoms with van der Waals surface area (Å²) in [6.45, 7) is 13.1. The molecule has 13 heteroatoms. The summed E-state index contributed by atoms with van der Waals surface area (Å²) < 4.78 is 6.15. The van der Waals surface area contributed by atoms with E-state index in [0.717, 1.165) is 40.3 Å². The lowest BCUT2D eigenvalue weighted by molar-refractivity contribution is -0.182. The largest absolute Gasteiger partial charge is 0.496 e. The van der Waals surface area contributed by atoms with E-state index in [1.165, 1.54) is 0 Å². The Bertz CT molecular complexity index is 1990. The molecule has 1 aliphatic heterocycles. The Kier molecular flexibility index (Phi) is 16.1. The van der Waals surface area contributed by atoms with Crippen molar-refractivity contribution in [2.75, 3.05) is 67.4 Å². The molecule has 2 aliphatic rings. The smallest absolute Gasteiger partial charge is 0.251 e. The number of methoxy groups -OCH3 is 1. The van der Waals surface area contributed by atoms with E-state index >= 15 is 0 Å². The van der Waals surface area contributed by atoms with Gasteiger partial charge in [-0.25, -0.2) is 0 Å².